The van der Waals surface area contributed by atoms with Gasteiger partial charge in [-0.15, -0.1) is 0 Å². The fourth-order valence-corrected chi connectivity index (χ4v) is 4.93. The van der Waals surface area contributed by atoms with Crippen molar-refractivity contribution in [2.75, 3.05) is 18.0 Å². The van der Waals surface area contributed by atoms with Crippen LogP contribution in [0.2, 0.25) is 0 Å². The lowest BCUT2D eigenvalue weighted by atomic mass is 9.96. The zero-order valence-corrected chi connectivity index (χ0v) is 20.3. The number of hydrogen-bond acceptors (Lipinski definition) is 4. The van der Waals surface area contributed by atoms with Crippen molar-refractivity contribution in [1.29, 1.82) is 0 Å². The number of benzene rings is 2. The second kappa shape index (κ2) is 9.49. The number of amides is 1. The Balaban J connectivity index is 1.35. The van der Waals surface area contributed by atoms with Crippen LogP contribution in [0.5, 0.6) is 0 Å². The van der Waals surface area contributed by atoms with Crippen LogP contribution in [0.3, 0.4) is 0 Å². The standard InChI is InChI=1S/C28H30FN5O/c1-18-6-11-24(19(2)15-18)25-16-26-27(30-12-14-34(26)32-25)33-13-4-5-22(17-33)28(35)31-20(3)21-7-9-23(29)10-8-21/h6-12,14-16,20,22H,4-5,13,17H2,1-3H3,(H,31,35)/t20-,22+/m1/s1. The Labute approximate surface area is 204 Å². The molecule has 6 nitrogen and oxygen atoms in total. The van der Waals surface area contributed by atoms with Crippen LogP contribution in [0.25, 0.3) is 16.8 Å². The minimum atomic E-state index is -0.280. The van der Waals surface area contributed by atoms with Gasteiger partial charge in [0.25, 0.3) is 0 Å². The first-order valence-corrected chi connectivity index (χ1v) is 12.1. The van der Waals surface area contributed by atoms with Crippen molar-refractivity contribution in [3.8, 4) is 11.3 Å². The number of aryl methyl sites for hydroxylation is 2. The predicted octanol–water partition coefficient (Wildman–Crippen LogP) is 5.25. The molecule has 2 aromatic heterocycles. The van der Waals surface area contributed by atoms with E-state index in [0.717, 1.165) is 47.5 Å². The highest BCUT2D eigenvalue weighted by Crippen LogP contribution is 2.30. The molecule has 0 unspecified atom stereocenters. The van der Waals surface area contributed by atoms with Gasteiger partial charge in [-0.2, -0.15) is 5.10 Å². The third kappa shape index (κ3) is 4.76. The van der Waals surface area contributed by atoms with Gasteiger partial charge in [-0.25, -0.2) is 13.9 Å². The van der Waals surface area contributed by atoms with Crippen LogP contribution in [0.1, 0.15) is 42.5 Å². The summed E-state index contributed by atoms with van der Waals surface area (Å²) < 4.78 is 15.1. The van der Waals surface area contributed by atoms with Gasteiger partial charge in [0.1, 0.15) is 11.3 Å². The molecule has 2 aromatic carbocycles. The molecule has 5 rings (SSSR count). The highest BCUT2D eigenvalue weighted by Gasteiger charge is 2.28. The van der Waals surface area contributed by atoms with Gasteiger partial charge in [0, 0.05) is 31.0 Å². The van der Waals surface area contributed by atoms with Gasteiger partial charge in [-0.3, -0.25) is 4.79 Å². The fraction of sp³-hybridized carbons (Fsp3) is 0.321. The van der Waals surface area contributed by atoms with Gasteiger partial charge >= 0.3 is 0 Å². The molecular formula is C28H30FN5O. The molecule has 4 aromatic rings. The van der Waals surface area contributed by atoms with Crippen molar-refractivity contribution in [2.24, 2.45) is 5.92 Å². The first-order chi connectivity index (χ1) is 16.9. The lowest BCUT2D eigenvalue weighted by Gasteiger charge is -2.33. The molecule has 0 bridgehead atoms. The average molecular weight is 472 g/mol. The molecule has 0 aliphatic carbocycles. The zero-order chi connectivity index (χ0) is 24.5. The van der Waals surface area contributed by atoms with Crippen LogP contribution >= 0.6 is 0 Å². The summed E-state index contributed by atoms with van der Waals surface area (Å²) in [5.74, 6) is 0.441. The predicted molar refractivity (Wildman–Crippen MR) is 136 cm³/mol. The lowest BCUT2D eigenvalue weighted by molar-refractivity contribution is -0.125. The number of nitrogens with one attached hydrogen (secondary N) is 1. The minimum Gasteiger partial charge on any atom is -0.354 e. The zero-order valence-electron chi connectivity index (χ0n) is 20.3. The summed E-state index contributed by atoms with van der Waals surface area (Å²) in [4.78, 5) is 20.0. The quantitative estimate of drug-likeness (QED) is 0.432. The number of nitrogens with zero attached hydrogens (tertiary/aromatic N) is 4. The molecule has 1 fully saturated rings. The van der Waals surface area contributed by atoms with Gasteiger partial charge in [-0.1, -0.05) is 35.9 Å². The molecule has 2 atom stereocenters. The first-order valence-electron chi connectivity index (χ1n) is 12.1. The van der Waals surface area contributed by atoms with Crippen molar-refractivity contribution in [3.05, 3.63) is 83.4 Å². The summed E-state index contributed by atoms with van der Waals surface area (Å²) >= 11 is 0. The Morgan fingerprint density at radius 1 is 1.14 bits per heavy atom. The number of piperidine rings is 1. The Kier molecular flexibility index (Phi) is 6.24. The van der Waals surface area contributed by atoms with E-state index in [4.69, 9.17) is 5.10 Å². The molecule has 1 saturated heterocycles. The number of hydrogen-bond donors (Lipinski definition) is 1. The summed E-state index contributed by atoms with van der Waals surface area (Å²) in [6.45, 7) is 7.56. The highest BCUT2D eigenvalue weighted by molar-refractivity contribution is 5.81. The molecule has 0 saturated carbocycles. The van der Waals surface area contributed by atoms with E-state index in [1.54, 1.807) is 18.3 Å². The molecule has 0 spiro atoms. The van der Waals surface area contributed by atoms with Crippen LogP contribution < -0.4 is 10.2 Å². The number of fused-ring (bicyclic) bond motifs is 1. The molecule has 1 amide bonds. The van der Waals surface area contributed by atoms with E-state index in [9.17, 15) is 9.18 Å². The van der Waals surface area contributed by atoms with E-state index in [-0.39, 0.29) is 23.7 Å². The summed E-state index contributed by atoms with van der Waals surface area (Å²) in [5, 5.41) is 7.91. The largest absolute Gasteiger partial charge is 0.354 e. The first kappa shape index (κ1) is 23.0. The second-order valence-corrected chi connectivity index (χ2v) is 9.50. The molecule has 1 aliphatic rings. The Hall–Kier alpha value is -3.74. The van der Waals surface area contributed by atoms with E-state index in [1.807, 2.05) is 17.6 Å². The average Bonchev–Trinajstić information content (AvgIpc) is 3.28. The van der Waals surface area contributed by atoms with Crippen molar-refractivity contribution >= 4 is 17.2 Å². The number of aromatic nitrogens is 3. The maximum absolute atomic E-state index is 13.2. The molecule has 180 valence electrons. The summed E-state index contributed by atoms with van der Waals surface area (Å²) in [5.41, 5.74) is 6.25. The van der Waals surface area contributed by atoms with E-state index >= 15 is 0 Å². The number of anilines is 1. The topological polar surface area (TPSA) is 62.5 Å². The molecule has 7 heteroatoms. The second-order valence-electron chi connectivity index (χ2n) is 9.50. The number of halogens is 1. The molecular weight excluding hydrogens is 441 g/mol. The summed E-state index contributed by atoms with van der Waals surface area (Å²) in [7, 11) is 0. The van der Waals surface area contributed by atoms with E-state index in [0.29, 0.717) is 6.54 Å². The molecule has 1 aliphatic heterocycles. The van der Waals surface area contributed by atoms with Crippen molar-refractivity contribution in [3.63, 3.8) is 0 Å². The monoisotopic (exact) mass is 471 g/mol. The van der Waals surface area contributed by atoms with Crippen LogP contribution in [0, 0.1) is 25.6 Å². The van der Waals surface area contributed by atoms with Crippen LogP contribution in [0.15, 0.2) is 60.9 Å². The van der Waals surface area contributed by atoms with Crippen LogP contribution in [-0.2, 0) is 4.79 Å². The van der Waals surface area contributed by atoms with Gasteiger partial charge in [-0.05, 0) is 62.9 Å². The van der Waals surface area contributed by atoms with Gasteiger partial charge in [0.05, 0.1) is 17.7 Å². The summed E-state index contributed by atoms with van der Waals surface area (Å²) in [6.07, 6.45) is 5.37. The highest BCUT2D eigenvalue weighted by atomic mass is 19.1. The third-order valence-corrected chi connectivity index (χ3v) is 6.85. The molecule has 3 heterocycles. The van der Waals surface area contributed by atoms with Gasteiger partial charge in [0.2, 0.25) is 5.91 Å². The normalized spacial score (nSPS) is 16.9. The van der Waals surface area contributed by atoms with Gasteiger partial charge < -0.3 is 10.2 Å². The Morgan fingerprint density at radius 3 is 2.71 bits per heavy atom. The third-order valence-electron chi connectivity index (χ3n) is 6.85. The lowest BCUT2D eigenvalue weighted by Crippen LogP contribution is -2.44. The smallest absolute Gasteiger partial charge is 0.225 e. The van der Waals surface area contributed by atoms with E-state index in [2.05, 4.69) is 53.3 Å². The number of carbonyl (C=O) groups is 1. The van der Waals surface area contributed by atoms with Crippen LogP contribution in [-0.4, -0.2) is 33.6 Å². The fourth-order valence-electron chi connectivity index (χ4n) is 4.93. The molecule has 0 radical (unpaired) electrons. The maximum atomic E-state index is 13.2. The van der Waals surface area contributed by atoms with Gasteiger partial charge in [0.15, 0.2) is 5.82 Å². The maximum Gasteiger partial charge on any atom is 0.225 e. The van der Waals surface area contributed by atoms with Crippen molar-refractivity contribution in [1.82, 2.24) is 19.9 Å². The van der Waals surface area contributed by atoms with Crippen LogP contribution in [0.4, 0.5) is 10.2 Å². The Morgan fingerprint density at radius 2 is 1.94 bits per heavy atom. The molecule has 1 N–H and O–H groups in total. The number of carbonyl (C=O) groups excluding carboxylic acids is 1. The number of rotatable bonds is 5. The van der Waals surface area contributed by atoms with E-state index < -0.39 is 0 Å². The molecule has 35 heavy (non-hydrogen) atoms. The SMILES string of the molecule is Cc1ccc(-c2cc3c(N4CCC[C@H](C(=O)N[C@H](C)c5ccc(F)cc5)C4)nccn3n2)c(C)c1. The van der Waals surface area contributed by atoms with Crippen molar-refractivity contribution < 1.29 is 9.18 Å². The van der Waals surface area contributed by atoms with E-state index in [1.165, 1.54) is 23.3 Å². The van der Waals surface area contributed by atoms with Crippen molar-refractivity contribution in [2.45, 2.75) is 39.7 Å². The summed E-state index contributed by atoms with van der Waals surface area (Å²) in [6, 6.07) is 14.6. The minimum absolute atomic E-state index is 0.0166. The Bertz CT molecular complexity index is 1360.